The molecule has 0 spiro atoms. The molecule has 1 atom stereocenters. The van der Waals surface area contributed by atoms with Crippen molar-refractivity contribution in [2.45, 2.75) is 86.3 Å². The van der Waals surface area contributed by atoms with Crippen LogP contribution in [0.2, 0.25) is 0 Å². The van der Waals surface area contributed by atoms with Crippen LogP contribution in [0.25, 0.3) is 0 Å². The molecule has 1 unspecified atom stereocenters. The van der Waals surface area contributed by atoms with Crippen LogP contribution in [0.1, 0.15) is 80.7 Å². The Morgan fingerprint density at radius 2 is 1.29 bits per heavy atom. The lowest BCUT2D eigenvalue weighted by Gasteiger charge is -2.30. The lowest BCUT2D eigenvalue weighted by Crippen LogP contribution is -2.53. The second kappa shape index (κ2) is 16.1. The number of rotatable bonds is 4. The van der Waals surface area contributed by atoms with Gasteiger partial charge in [-0.1, -0.05) is 58.0 Å². The Kier molecular flexibility index (Phi) is 17.7. The second-order valence-electron chi connectivity index (χ2n) is 7.16. The third-order valence-electron chi connectivity index (χ3n) is 3.04. The fourth-order valence-corrected chi connectivity index (χ4v) is 1.77. The summed E-state index contributed by atoms with van der Waals surface area (Å²) >= 11 is 0. The van der Waals surface area contributed by atoms with Gasteiger partial charge in [-0.25, -0.2) is 4.79 Å². The monoisotopic (exact) mass is 397 g/mol. The molecule has 0 saturated carbocycles. The molecule has 0 aliphatic rings. The Morgan fingerprint density at radius 1 is 0.893 bits per heavy atom. The molecule has 28 heavy (non-hydrogen) atoms. The van der Waals surface area contributed by atoms with Gasteiger partial charge in [-0.3, -0.25) is 4.79 Å². The molecule has 5 nitrogen and oxygen atoms in total. The zero-order valence-electron chi connectivity index (χ0n) is 20.1. The van der Waals surface area contributed by atoms with Crippen molar-refractivity contribution in [3.63, 3.8) is 0 Å². The Hall–Kier alpha value is -1.88. The lowest BCUT2D eigenvalue weighted by atomic mass is 9.98. The smallest absolute Gasteiger partial charge is 0.331 e. The molecule has 0 fully saturated rings. The van der Waals surface area contributed by atoms with Crippen molar-refractivity contribution in [1.82, 2.24) is 5.32 Å². The van der Waals surface area contributed by atoms with E-state index in [1.165, 1.54) is 0 Å². The van der Waals surface area contributed by atoms with Crippen molar-refractivity contribution in [2.75, 3.05) is 14.2 Å². The van der Waals surface area contributed by atoms with Crippen molar-refractivity contribution in [2.24, 2.45) is 0 Å². The Bertz CT molecular complexity index is 519. The molecule has 1 aromatic rings. The first-order chi connectivity index (χ1) is 12.9. The largest absolute Gasteiger partial charge is 0.458 e. The Labute approximate surface area is 173 Å². The molecule has 0 heterocycles. The highest BCUT2D eigenvalue weighted by Gasteiger charge is 2.35. The van der Waals surface area contributed by atoms with Crippen LogP contribution in [0, 0.1) is 0 Å². The second-order valence-corrected chi connectivity index (χ2v) is 7.16. The van der Waals surface area contributed by atoms with E-state index in [-0.39, 0.29) is 11.8 Å². The van der Waals surface area contributed by atoms with Crippen molar-refractivity contribution < 1.29 is 19.1 Å². The van der Waals surface area contributed by atoms with E-state index in [1.54, 1.807) is 48.8 Å². The zero-order valence-corrected chi connectivity index (χ0v) is 20.1. The zero-order chi connectivity index (χ0) is 23.0. The number of benzene rings is 1. The van der Waals surface area contributed by atoms with E-state index in [1.807, 2.05) is 65.0 Å². The lowest BCUT2D eigenvalue weighted by molar-refractivity contribution is -0.163. The molecule has 5 heteroatoms. The van der Waals surface area contributed by atoms with Gasteiger partial charge >= 0.3 is 5.97 Å². The maximum absolute atomic E-state index is 12.3. The molecule has 0 bridgehead atoms. The first kappa shape index (κ1) is 30.8. The van der Waals surface area contributed by atoms with E-state index in [0.717, 1.165) is 5.56 Å². The number of amides is 1. The van der Waals surface area contributed by atoms with Gasteiger partial charge in [0.15, 0.2) is 0 Å². The minimum Gasteiger partial charge on any atom is -0.458 e. The van der Waals surface area contributed by atoms with Gasteiger partial charge in [0.1, 0.15) is 11.1 Å². The number of ether oxygens (including phenoxy) is 2. The molecule has 164 valence electrons. The maximum Gasteiger partial charge on any atom is 0.331 e. The number of carbonyl (C=O) groups is 2. The third kappa shape index (κ3) is 14.2. The van der Waals surface area contributed by atoms with Crippen LogP contribution in [0.4, 0.5) is 0 Å². The number of hydrogen-bond acceptors (Lipinski definition) is 4. The fourth-order valence-electron chi connectivity index (χ4n) is 1.77. The maximum atomic E-state index is 12.3. The van der Waals surface area contributed by atoms with Crippen molar-refractivity contribution in [3.8, 4) is 0 Å². The van der Waals surface area contributed by atoms with Gasteiger partial charge in [0.2, 0.25) is 5.91 Å². The molecule has 1 amide bonds. The summed E-state index contributed by atoms with van der Waals surface area (Å²) in [6.45, 7) is 18.5. The van der Waals surface area contributed by atoms with E-state index in [4.69, 9.17) is 4.74 Å². The SMILES string of the molecule is CC.CC.CC(C(=O)NC(C)(C)C(=O)OC(C)(C)C)c1ccccc1.COC. The number of esters is 1. The number of nitrogens with one attached hydrogen (secondary N) is 1. The molecule has 1 N–H and O–H groups in total. The minimum absolute atomic E-state index is 0.197. The van der Waals surface area contributed by atoms with Crippen LogP contribution in [0.5, 0.6) is 0 Å². The van der Waals surface area contributed by atoms with Gasteiger partial charge < -0.3 is 14.8 Å². The molecule has 1 rings (SSSR count). The summed E-state index contributed by atoms with van der Waals surface area (Å²) in [4.78, 5) is 24.4. The van der Waals surface area contributed by atoms with Crippen LogP contribution in [0.3, 0.4) is 0 Å². The fraction of sp³-hybridized carbons (Fsp3) is 0.652. The van der Waals surface area contributed by atoms with Crippen molar-refractivity contribution >= 4 is 11.9 Å². The van der Waals surface area contributed by atoms with E-state index in [0.29, 0.717) is 0 Å². The predicted molar refractivity (Wildman–Crippen MR) is 119 cm³/mol. The van der Waals surface area contributed by atoms with E-state index < -0.39 is 17.1 Å². The third-order valence-corrected chi connectivity index (χ3v) is 3.04. The first-order valence-electron chi connectivity index (χ1n) is 9.95. The summed E-state index contributed by atoms with van der Waals surface area (Å²) in [7, 11) is 3.25. The van der Waals surface area contributed by atoms with Crippen LogP contribution >= 0.6 is 0 Å². The average Bonchev–Trinajstić information content (AvgIpc) is 2.64. The van der Waals surface area contributed by atoms with E-state index >= 15 is 0 Å². The first-order valence-corrected chi connectivity index (χ1v) is 9.95. The predicted octanol–water partition coefficient (Wildman–Crippen LogP) is 5.34. The van der Waals surface area contributed by atoms with Gasteiger partial charge in [-0.2, -0.15) is 0 Å². The standard InChI is InChI=1S/C17H25NO3.C2H6O.2C2H6/c1-12(13-10-8-7-9-11-13)14(19)18-17(5,6)15(20)21-16(2,3)4;1-3-2;2*1-2/h7-12H,1-6H3,(H,18,19);1-2H3;2*1-2H3. The van der Waals surface area contributed by atoms with Crippen LogP contribution in [-0.4, -0.2) is 37.2 Å². The quantitative estimate of drug-likeness (QED) is 0.696. The number of carbonyl (C=O) groups excluding carboxylic acids is 2. The van der Waals surface area contributed by atoms with E-state index in [2.05, 4.69) is 10.1 Å². The Morgan fingerprint density at radius 3 is 1.64 bits per heavy atom. The van der Waals surface area contributed by atoms with Gasteiger partial charge in [0.05, 0.1) is 5.92 Å². The summed E-state index contributed by atoms with van der Waals surface area (Å²) in [6, 6.07) is 9.46. The molecular formula is C23H43NO4. The van der Waals surface area contributed by atoms with Gasteiger partial charge in [-0.15, -0.1) is 0 Å². The van der Waals surface area contributed by atoms with Gasteiger partial charge in [0.25, 0.3) is 0 Å². The highest BCUT2D eigenvalue weighted by Crippen LogP contribution is 2.18. The molecule has 0 saturated heterocycles. The summed E-state index contributed by atoms with van der Waals surface area (Å²) in [5, 5.41) is 2.76. The molecule has 0 radical (unpaired) electrons. The minimum atomic E-state index is -1.06. The summed E-state index contributed by atoms with van der Waals surface area (Å²) in [5.74, 6) is -0.964. The average molecular weight is 398 g/mol. The molecular weight excluding hydrogens is 354 g/mol. The highest BCUT2D eigenvalue weighted by atomic mass is 16.6. The van der Waals surface area contributed by atoms with Crippen molar-refractivity contribution in [3.05, 3.63) is 35.9 Å². The molecule has 0 aliphatic carbocycles. The summed E-state index contributed by atoms with van der Waals surface area (Å²) < 4.78 is 9.59. The number of hydrogen-bond donors (Lipinski definition) is 1. The molecule has 1 aromatic carbocycles. The molecule has 0 aliphatic heterocycles. The number of methoxy groups -OCH3 is 1. The topological polar surface area (TPSA) is 64.6 Å². The Balaban J connectivity index is -0.000000789. The van der Waals surface area contributed by atoms with Gasteiger partial charge in [0, 0.05) is 14.2 Å². The van der Waals surface area contributed by atoms with Crippen LogP contribution in [0.15, 0.2) is 30.3 Å². The molecule has 0 aromatic heterocycles. The van der Waals surface area contributed by atoms with Gasteiger partial charge in [-0.05, 0) is 47.1 Å². The highest BCUT2D eigenvalue weighted by molar-refractivity contribution is 5.90. The normalized spacial score (nSPS) is 11.1. The summed E-state index contributed by atoms with van der Waals surface area (Å²) in [6.07, 6.45) is 0. The van der Waals surface area contributed by atoms with Crippen LogP contribution in [-0.2, 0) is 19.1 Å². The summed E-state index contributed by atoms with van der Waals surface area (Å²) in [5.41, 5.74) is -0.729. The van der Waals surface area contributed by atoms with Crippen molar-refractivity contribution in [1.29, 1.82) is 0 Å². The van der Waals surface area contributed by atoms with Crippen LogP contribution < -0.4 is 5.32 Å². The van der Waals surface area contributed by atoms with E-state index in [9.17, 15) is 9.59 Å².